The van der Waals surface area contributed by atoms with Gasteiger partial charge in [-0.05, 0) is 36.6 Å². The van der Waals surface area contributed by atoms with Gasteiger partial charge in [0, 0.05) is 18.8 Å². The van der Waals surface area contributed by atoms with Crippen LogP contribution in [0.15, 0.2) is 47.8 Å². The lowest BCUT2D eigenvalue weighted by Gasteiger charge is -2.08. The van der Waals surface area contributed by atoms with E-state index in [2.05, 4.69) is 15.6 Å². The van der Waals surface area contributed by atoms with Crippen LogP contribution in [0.25, 0.3) is 5.52 Å². The van der Waals surface area contributed by atoms with E-state index in [4.69, 9.17) is 11.6 Å². The van der Waals surface area contributed by atoms with Crippen LogP contribution in [-0.2, 0) is 0 Å². The first-order valence-corrected chi connectivity index (χ1v) is 8.99. The number of rotatable bonds is 4. The molecule has 1 aromatic carbocycles. The molecule has 0 aliphatic rings. The second kappa shape index (κ2) is 7.16. The maximum atomic E-state index is 12.7. The molecule has 0 aliphatic heterocycles. The van der Waals surface area contributed by atoms with Gasteiger partial charge in [0.05, 0.1) is 16.2 Å². The van der Waals surface area contributed by atoms with Crippen molar-refractivity contribution in [2.75, 3.05) is 18.6 Å². The molecule has 0 saturated carbocycles. The quantitative estimate of drug-likeness (QED) is 0.687. The van der Waals surface area contributed by atoms with Crippen molar-refractivity contribution in [3.05, 3.63) is 58.9 Å². The predicted molar refractivity (Wildman–Crippen MR) is 99.8 cm³/mol. The highest BCUT2D eigenvalue weighted by Crippen LogP contribution is 2.25. The molecule has 0 saturated heterocycles. The van der Waals surface area contributed by atoms with Crippen molar-refractivity contribution in [2.45, 2.75) is 5.16 Å². The van der Waals surface area contributed by atoms with Crippen LogP contribution in [0.2, 0.25) is 5.02 Å². The molecule has 0 radical (unpaired) electrons. The topological polar surface area (TPSA) is 75.5 Å². The average Bonchev–Trinajstić information content (AvgIpc) is 3.02. The molecule has 2 N–H and O–H groups in total. The molecule has 8 heteroatoms. The van der Waals surface area contributed by atoms with Crippen molar-refractivity contribution in [3.8, 4) is 0 Å². The fraction of sp³-hybridized carbons (Fsp3) is 0.118. The van der Waals surface area contributed by atoms with E-state index in [-0.39, 0.29) is 11.8 Å². The molecule has 0 unspecified atom stereocenters. The lowest BCUT2D eigenvalue weighted by atomic mass is 10.2. The zero-order valence-electron chi connectivity index (χ0n) is 13.5. The monoisotopic (exact) mass is 374 g/mol. The molecule has 3 rings (SSSR count). The number of hydrogen-bond donors (Lipinski definition) is 2. The molecule has 0 fully saturated rings. The Morgan fingerprint density at radius 1 is 1.20 bits per heavy atom. The molecule has 0 aliphatic carbocycles. The van der Waals surface area contributed by atoms with Gasteiger partial charge in [-0.25, -0.2) is 4.98 Å². The van der Waals surface area contributed by atoms with Crippen molar-refractivity contribution in [1.29, 1.82) is 0 Å². The summed E-state index contributed by atoms with van der Waals surface area (Å²) in [5.41, 5.74) is 1.76. The van der Waals surface area contributed by atoms with Gasteiger partial charge in [-0.1, -0.05) is 29.4 Å². The van der Waals surface area contributed by atoms with E-state index in [0.717, 1.165) is 0 Å². The third-order valence-corrected chi connectivity index (χ3v) is 4.60. The van der Waals surface area contributed by atoms with E-state index in [0.29, 0.717) is 32.6 Å². The minimum atomic E-state index is -0.389. The highest BCUT2D eigenvalue weighted by molar-refractivity contribution is 7.98. The Bertz CT molecular complexity index is 970. The maximum absolute atomic E-state index is 12.7. The lowest BCUT2D eigenvalue weighted by molar-refractivity contribution is 0.0961. The van der Waals surface area contributed by atoms with Gasteiger partial charge in [0.1, 0.15) is 0 Å². The van der Waals surface area contributed by atoms with E-state index in [1.165, 1.54) is 24.9 Å². The smallest absolute Gasteiger partial charge is 0.276 e. The minimum Gasteiger partial charge on any atom is -0.355 e. The van der Waals surface area contributed by atoms with Gasteiger partial charge in [-0.15, -0.1) is 0 Å². The molecule has 0 spiro atoms. The standard InChI is InChI=1S/C17H15ClN4O2S/c1-19-15(23)10-6-7-11(18)12(9-10)20-16(24)14-13-5-3-4-8-22(13)17(21-14)25-2/h3-9H,1-2H3,(H,19,23)(H,20,24). The van der Waals surface area contributed by atoms with E-state index in [1.54, 1.807) is 12.1 Å². The van der Waals surface area contributed by atoms with Gasteiger partial charge in [-0.3, -0.25) is 14.0 Å². The number of anilines is 1. The number of halogens is 1. The minimum absolute atomic E-state index is 0.260. The molecule has 6 nitrogen and oxygen atoms in total. The van der Waals surface area contributed by atoms with E-state index in [1.807, 2.05) is 35.1 Å². The zero-order valence-corrected chi connectivity index (χ0v) is 15.1. The summed E-state index contributed by atoms with van der Waals surface area (Å²) in [7, 11) is 1.54. The summed E-state index contributed by atoms with van der Waals surface area (Å²) in [6, 6.07) is 10.2. The molecular formula is C17H15ClN4O2S. The number of nitrogens with zero attached hydrogens (tertiary/aromatic N) is 2. The van der Waals surface area contributed by atoms with Crippen LogP contribution in [0.1, 0.15) is 20.8 Å². The van der Waals surface area contributed by atoms with Gasteiger partial charge in [0.25, 0.3) is 11.8 Å². The van der Waals surface area contributed by atoms with Crippen LogP contribution in [0, 0.1) is 0 Å². The highest BCUT2D eigenvalue weighted by atomic mass is 35.5. The Kier molecular flexibility index (Phi) is 4.96. The van der Waals surface area contributed by atoms with Gasteiger partial charge in [0.2, 0.25) is 0 Å². The molecule has 2 heterocycles. The summed E-state index contributed by atoms with van der Waals surface area (Å²) in [6.07, 6.45) is 3.75. The molecule has 2 aromatic heterocycles. The first-order valence-electron chi connectivity index (χ1n) is 7.39. The molecular weight excluding hydrogens is 360 g/mol. The SMILES string of the molecule is CNC(=O)c1ccc(Cl)c(NC(=O)c2nc(SC)n3ccccc23)c1. The summed E-state index contributed by atoms with van der Waals surface area (Å²) in [5, 5.41) is 6.33. The fourth-order valence-electron chi connectivity index (χ4n) is 2.41. The van der Waals surface area contributed by atoms with Gasteiger partial charge >= 0.3 is 0 Å². The average molecular weight is 375 g/mol. The van der Waals surface area contributed by atoms with Crippen molar-refractivity contribution >= 4 is 46.4 Å². The Labute approximate surface area is 153 Å². The van der Waals surface area contributed by atoms with Crippen LogP contribution in [0.4, 0.5) is 5.69 Å². The first kappa shape index (κ1) is 17.3. The molecule has 3 aromatic rings. The number of aromatic nitrogens is 2. The van der Waals surface area contributed by atoms with Crippen LogP contribution < -0.4 is 10.6 Å². The summed E-state index contributed by atoms with van der Waals surface area (Å²) in [4.78, 5) is 28.9. The van der Waals surface area contributed by atoms with Crippen molar-refractivity contribution in [3.63, 3.8) is 0 Å². The van der Waals surface area contributed by atoms with Crippen LogP contribution in [0.5, 0.6) is 0 Å². The van der Waals surface area contributed by atoms with E-state index >= 15 is 0 Å². The first-order chi connectivity index (χ1) is 12.0. The summed E-state index contributed by atoms with van der Waals surface area (Å²) in [6.45, 7) is 0. The number of pyridine rings is 1. The van der Waals surface area contributed by atoms with Crippen molar-refractivity contribution < 1.29 is 9.59 Å². The second-order valence-electron chi connectivity index (χ2n) is 5.13. The number of carbonyl (C=O) groups excluding carboxylic acids is 2. The normalized spacial score (nSPS) is 10.7. The molecule has 25 heavy (non-hydrogen) atoms. The van der Waals surface area contributed by atoms with Gasteiger partial charge < -0.3 is 10.6 Å². The molecule has 128 valence electrons. The number of fused-ring (bicyclic) bond motifs is 1. The lowest BCUT2D eigenvalue weighted by Crippen LogP contribution is -2.19. The number of carbonyl (C=O) groups is 2. The number of benzene rings is 1. The van der Waals surface area contributed by atoms with E-state index in [9.17, 15) is 9.59 Å². The molecule has 0 bridgehead atoms. The highest BCUT2D eigenvalue weighted by Gasteiger charge is 2.18. The zero-order chi connectivity index (χ0) is 18.0. The Morgan fingerprint density at radius 3 is 2.72 bits per heavy atom. The summed E-state index contributed by atoms with van der Waals surface area (Å²) >= 11 is 7.60. The number of hydrogen-bond acceptors (Lipinski definition) is 4. The van der Waals surface area contributed by atoms with E-state index < -0.39 is 0 Å². The molecule has 2 amide bonds. The van der Waals surface area contributed by atoms with Crippen LogP contribution >= 0.6 is 23.4 Å². The van der Waals surface area contributed by atoms with Gasteiger partial charge in [0.15, 0.2) is 10.9 Å². The number of imidazole rings is 1. The third-order valence-electron chi connectivity index (χ3n) is 3.62. The number of thioether (sulfide) groups is 1. The largest absolute Gasteiger partial charge is 0.355 e. The Balaban J connectivity index is 1.97. The number of amides is 2. The van der Waals surface area contributed by atoms with Crippen molar-refractivity contribution in [2.24, 2.45) is 0 Å². The summed E-state index contributed by atoms with van der Waals surface area (Å²) in [5.74, 6) is -0.649. The summed E-state index contributed by atoms with van der Waals surface area (Å²) < 4.78 is 1.85. The predicted octanol–water partition coefficient (Wildman–Crippen LogP) is 3.32. The molecule has 0 atom stereocenters. The van der Waals surface area contributed by atoms with Crippen molar-refractivity contribution in [1.82, 2.24) is 14.7 Å². The third kappa shape index (κ3) is 3.33. The number of nitrogens with one attached hydrogen (secondary N) is 2. The van der Waals surface area contributed by atoms with Gasteiger partial charge in [-0.2, -0.15) is 0 Å². The van der Waals surface area contributed by atoms with Crippen LogP contribution in [0.3, 0.4) is 0 Å². The fourth-order valence-corrected chi connectivity index (χ4v) is 3.11. The maximum Gasteiger partial charge on any atom is 0.276 e. The Hall–Kier alpha value is -2.51. The van der Waals surface area contributed by atoms with Crippen LogP contribution in [-0.4, -0.2) is 34.5 Å². The second-order valence-corrected chi connectivity index (χ2v) is 6.31. The Morgan fingerprint density at radius 2 is 2.00 bits per heavy atom.